The molecule has 6 heteroatoms. The minimum atomic E-state index is -0.587. The normalized spacial score (nSPS) is 10.2. The lowest BCUT2D eigenvalue weighted by Crippen LogP contribution is -2.24. The van der Waals surface area contributed by atoms with Gasteiger partial charge < -0.3 is 11.5 Å². The van der Waals surface area contributed by atoms with Crippen LogP contribution >= 0.6 is 0 Å². The molecule has 0 unspecified atom stereocenters. The number of aliphatic imine (C=N–C) groups is 1. The van der Waals surface area contributed by atoms with E-state index in [-0.39, 0.29) is 22.8 Å². The topological polar surface area (TPSA) is 85.8 Å². The maximum Gasteiger partial charge on any atom is 0.280 e. The number of nitrogens with zero attached hydrogens (tertiary/aromatic N) is 2. The minimum absolute atomic E-state index is 0.202. The van der Waals surface area contributed by atoms with E-state index >= 15 is 0 Å². The Hall–Kier alpha value is -3.72. The summed E-state index contributed by atoms with van der Waals surface area (Å²) in [6.07, 6.45) is 0. The molecule has 3 aromatic rings. The number of fused-ring (bicyclic) bond motifs is 1. The molecule has 0 aliphatic carbocycles. The van der Waals surface area contributed by atoms with Crippen molar-refractivity contribution < 1.29 is 9.18 Å². The molecule has 1 amide bonds. The third-order valence-corrected chi connectivity index (χ3v) is 3.74. The van der Waals surface area contributed by atoms with Crippen molar-refractivity contribution in [2.45, 2.75) is 0 Å². The minimum Gasteiger partial charge on any atom is -0.370 e. The van der Waals surface area contributed by atoms with Gasteiger partial charge in [0.15, 0.2) is 11.6 Å². The van der Waals surface area contributed by atoms with Crippen molar-refractivity contribution in [1.82, 2.24) is 0 Å². The van der Waals surface area contributed by atoms with Gasteiger partial charge in [0.05, 0.1) is 6.57 Å². The lowest BCUT2D eigenvalue weighted by molar-refractivity contribution is 0.100. The first-order valence-corrected chi connectivity index (χ1v) is 7.34. The molecule has 0 atom stereocenters. The molecular weight excluding hydrogens is 319 g/mol. The van der Waals surface area contributed by atoms with Crippen molar-refractivity contribution in [1.29, 1.82) is 0 Å². The Morgan fingerprint density at radius 2 is 1.84 bits per heavy atom. The van der Waals surface area contributed by atoms with Crippen LogP contribution in [0, 0.1) is 12.4 Å². The maximum absolute atomic E-state index is 14.4. The Bertz CT molecular complexity index is 1060. The van der Waals surface area contributed by atoms with Crippen molar-refractivity contribution in [3.05, 3.63) is 77.4 Å². The molecule has 0 aliphatic heterocycles. The van der Waals surface area contributed by atoms with E-state index in [0.717, 1.165) is 5.39 Å². The summed E-state index contributed by atoms with van der Waals surface area (Å²) in [5.74, 6) is -1.42. The van der Waals surface area contributed by atoms with Crippen LogP contribution in [0.3, 0.4) is 0 Å². The Morgan fingerprint density at radius 1 is 1.08 bits per heavy atom. The fraction of sp³-hybridized carbons (Fsp3) is 0. The van der Waals surface area contributed by atoms with Gasteiger partial charge in [0.1, 0.15) is 5.82 Å². The molecule has 122 valence electrons. The molecule has 0 fully saturated rings. The number of benzene rings is 3. The predicted octanol–water partition coefficient (Wildman–Crippen LogP) is 3.61. The van der Waals surface area contributed by atoms with E-state index in [2.05, 4.69) is 9.84 Å². The maximum atomic E-state index is 14.4. The Kier molecular flexibility index (Phi) is 4.14. The first-order valence-electron chi connectivity index (χ1n) is 7.34. The summed E-state index contributed by atoms with van der Waals surface area (Å²) in [7, 11) is 0. The molecule has 25 heavy (non-hydrogen) atoms. The lowest BCUT2D eigenvalue weighted by Gasteiger charge is -2.11. The van der Waals surface area contributed by atoms with Gasteiger partial charge in [-0.1, -0.05) is 36.4 Å². The summed E-state index contributed by atoms with van der Waals surface area (Å²) >= 11 is 0. The zero-order valence-corrected chi connectivity index (χ0v) is 13.0. The van der Waals surface area contributed by atoms with Gasteiger partial charge in [-0.05, 0) is 34.5 Å². The fourth-order valence-corrected chi connectivity index (χ4v) is 2.68. The van der Waals surface area contributed by atoms with E-state index in [0.29, 0.717) is 10.9 Å². The summed E-state index contributed by atoms with van der Waals surface area (Å²) in [4.78, 5) is 19.0. The number of halogens is 1. The molecule has 0 heterocycles. The SMILES string of the molecule is [C-]#[N+]c1cccc(F)c1-c1cccc2ccc(C(=O)N=C(N)N)cc12. The van der Waals surface area contributed by atoms with Gasteiger partial charge in [-0.3, -0.25) is 4.79 Å². The Morgan fingerprint density at radius 3 is 2.56 bits per heavy atom. The van der Waals surface area contributed by atoms with E-state index < -0.39 is 11.7 Å². The van der Waals surface area contributed by atoms with Crippen LogP contribution in [-0.4, -0.2) is 11.9 Å². The highest BCUT2D eigenvalue weighted by Crippen LogP contribution is 2.37. The highest BCUT2D eigenvalue weighted by atomic mass is 19.1. The van der Waals surface area contributed by atoms with Crippen LogP contribution < -0.4 is 11.5 Å². The number of rotatable bonds is 2. The number of carbonyl (C=O) groups is 1. The monoisotopic (exact) mass is 332 g/mol. The zero-order chi connectivity index (χ0) is 18.0. The summed E-state index contributed by atoms with van der Waals surface area (Å²) in [5.41, 5.74) is 11.7. The van der Waals surface area contributed by atoms with Gasteiger partial charge in [0.25, 0.3) is 5.91 Å². The summed E-state index contributed by atoms with van der Waals surface area (Å²) in [5, 5.41) is 1.44. The zero-order valence-electron chi connectivity index (χ0n) is 13.0. The highest BCUT2D eigenvalue weighted by molar-refractivity contribution is 6.07. The first-order chi connectivity index (χ1) is 12.0. The number of hydrogen-bond donors (Lipinski definition) is 2. The molecule has 0 spiro atoms. The van der Waals surface area contributed by atoms with Crippen molar-refractivity contribution >= 4 is 28.3 Å². The molecule has 0 aliphatic rings. The summed E-state index contributed by atoms with van der Waals surface area (Å²) < 4.78 is 14.4. The van der Waals surface area contributed by atoms with E-state index in [1.54, 1.807) is 36.4 Å². The van der Waals surface area contributed by atoms with Crippen molar-refractivity contribution in [3.63, 3.8) is 0 Å². The number of carbonyl (C=O) groups excluding carboxylic acids is 1. The second-order valence-electron chi connectivity index (χ2n) is 5.33. The second kappa shape index (κ2) is 6.42. The van der Waals surface area contributed by atoms with E-state index in [9.17, 15) is 9.18 Å². The van der Waals surface area contributed by atoms with Gasteiger partial charge in [0.2, 0.25) is 0 Å². The molecule has 0 aromatic heterocycles. The Balaban J connectivity index is 2.29. The van der Waals surface area contributed by atoms with Gasteiger partial charge in [-0.15, -0.1) is 0 Å². The van der Waals surface area contributed by atoms with Crippen LogP contribution in [-0.2, 0) is 0 Å². The number of nitrogens with two attached hydrogens (primary N) is 2. The molecule has 3 rings (SSSR count). The molecule has 0 saturated heterocycles. The molecule has 4 N–H and O–H groups in total. The van der Waals surface area contributed by atoms with Crippen LogP contribution in [0.1, 0.15) is 10.4 Å². The van der Waals surface area contributed by atoms with Crippen molar-refractivity contribution in [3.8, 4) is 11.1 Å². The van der Waals surface area contributed by atoms with Crippen LogP contribution in [0.15, 0.2) is 59.6 Å². The number of hydrogen-bond acceptors (Lipinski definition) is 1. The first kappa shape index (κ1) is 16.1. The third-order valence-electron chi connectivity index (χ3n) is 3.74. The summed E-state index contributed by atoms with van der Waals surface area (Å²) in [6.45, 7) is 7.28. The molecule has 0 radical (unpaired) electrons. The Labute approximate surface area is 143 Å². The average Bonchev–Trinajstić information content (AvgIpc) is 2.60. The number of guanidine groups is 1. The molecular formula is C19H13FN4O. The fourth-order valence-electron chi connectivity index (χ4n) is 2.68. The quantitative estimate of drug-likeness (QED) is 0.427. The van der Waals surface area contributed by atoms with Crippen molar-refractivity contribution in [2.24, 2.45) is 16.5 Å². The second-order valence-corrected chi connectivity index (χ2v) is 5.33. The third kappa shape index (κ3) is 3.03. The molecule has 0 bridgehead atoms. The van der Waals surface area contributed by atoms with Crippen LogP contribution in [0.25, 0.3) is 26.7 Å². The highest BCUT2D eigenvalue weighted by Gasteiger charge is 2.15. The molecule has 5 nitrogen and oxygen atoms in total. The van der Waals surface area contributed by atoms with Gasteiger partial charge in [-0.2, -0.15) is 4.99 Å². The number of amides is 1. The van der Waals surface area contributed by atoms with Gasteiger partial charge >= 0.3 is 0 Å². The molecule has 3 aromatic carbocycles. The van der Waals surface area contributed by atoms with Gasteiger partial charge in [-0.25, -0.2) is 9.24 Å². The molecule has 0 saturated carbocycles. The van der Waals surface area contributed by atoms with E-state index in [1.165, 1.54) is 12.1 Å². The summed E-state index contributed by atoms with van der Waals surface area (Å²) in [6, 6.07) is 14.6. The smallest absolute Gasteiger partial charge is 0.280 e. The van der Waals surface area contributed by atoms with E-state index in [4.69, 9.17) is 18.0 Å². The van der Waals surface area contributed by atoms with Crippen LogP contribution in [0.5, 0.6) is 0 Å². The van der Waals surface area contributed by atoms with Crippen LogP contribution in [0.2, 0.25) is 0 Å². The standard InChI is InChI=1S/C19H13FN4O/c1-23-16-7-3-6-15(20)17(16)13-5-2-4-11-8-9-12(10-14(11)13)18(25)24-19(21)22/h2-10H,(H4,21,22,24,25). The predicted molar refractivity (Wildman–Crippen MR) is 95.7 cm³/mol. The van der Waals surface area contributed by atoms with E-state index in [1.807, 2.05) is 6.07 Å². The van der Waals surface area contributed by atoms with Crippen molar-refractivity contribution in [2.75, 3.05) is 0 Å². The van der Waals surface area contributed by atoms with Gasteiger partial charge in [0, 0.05) is 11.1 Å². The lowest BCUT2D eigenvalue weighted by atomic mass is 9.95. The average molecular weight is 332 g/mol. The largest absolute Gasteiger partial charge is 0.370 e. The van der Waals surface area contributed by atoms with Crippen LogP contribution in [0.4, 0.5) is 10.1 Å².